The number of sulfonamides is 1. The van der Waals surface area contributed by atoms with Gasteiger partial charge in [-0.15, -0.1) is 5.10 Å². The molecule has 0 aliphatic carbocycles. The lowest BCUT2D eigenvalue weighted by Crippen LogP contribution is -2.52. The first-order valence-electron chi connectivity index (χ1n) is 21.5. The molecule has 24 heteroatoms. The third-order valence-electron chi connectivity index (χ3n) is 11.2. The number of aromatic amines is 1. The molecule has 3 aromatic carbocycles. The van der Waals surface area contributed by atoms with Crippen molar-refractivity contribution in [2.45, 2.75) is 45.4 Å². The van der Waals surface area contributed by atoms with E-state index in [2.05, 4.69) is 36.0 Å². The van der Waals surface area contributed by atoms with Crippen LogP contribution in [0.25, 0.3) is 22.0 Å². The van der Waals surface area contributed by atoms with Gasteiger partial charge in [0.05, 0.1) is 44.9 Å². The lowest BCUT2D eigenvalue weighted by atomic mass is 10.0. The van der Waals surface area contributed by atoms with E-state index in [0.29, 0.717) is 40.7 Å². The summed E-state index contributed by atoms with van der Waals surface area (Å²) >= 11 is 0. The number of aromatic nitrogens is 5. The first-order chi connectivity index (χ1) is 33.1. The number of ether oxygens (including phenoxy) is 3. The third kappa shape index (κ3) is 10.8. The summed E-state index contributed by atoms with van der Waals surface area (Å²) in [5.41, 5.74) is 1.97. The number of carbonyl (C=O) groups is 5. The first kappa shape index (κ1) is 47.7. The van der Waals surface area contributed by atoms with E-state index in [-0.39, 0.29) is 109 Å². The number of imide groups is 1. The topological polar surface area (TPSA) is 267 Å². The predicted octanol–water partition coefficient (Wildman–Crippen LogP) is 3.32. The van der Waals surface area contributed by atoms with Crippen molar-refractivity contribution >= 4 is 61.8 Å². The van der Waals surface area contributed by atoms with Crippen LogP contribution in [0.3, 0.4) is 0 Å². The molecule has 0 spiro atoms. The fourth-order valence-corrected chi connectivity index (χ4v) is 8.35. The number of pyridine rings is 1. The van der Waals surface area contributed by atoms with Crippen LogP contribution in [0.1, 0.15) is 51.9 Å². The molecule has 2 aliphatic heterocycles. The molecular formula is C45H44F2N10O11S. The van der Waals surface area contributed by atoms with Gasteiger partial charge in [-0.25, -0.2) is 21.9 Å². The Balaban J connectivity index is 0.828. The van der Waals surface area contributed by atoms with E-state index in [4.69, 9.17) is 14.2 Å². The minimum Gasteiger partial charge on any atom is -0.454 e. The zero-order valence-corrected chi connectivity index (χ0v) is 37.8. The molecule has 0 bridgehead atoms. The molecule has 2 aliphatic rings. The summed E-state index contributed by atoms with van der Waals surface area (Å²) in [4.78, 5) is 80.8. The Morgan fingerprint density at radius 1 is 0.928 bits per heavy atom. The predicted molar refractivity (Wildman–Crippen MR) is 242 cm³/mol. The minimum absolute atomic E-state index is 0.00311. The second-order valence-electron chi connectivity index (χ2n) is 15.9. The Labute approximate surface area is 391 Å². The molecule has 8 rings (SSSR count). The van der Waals surface area contributed by atoms with Crippen LogP contribution < -0.4 is 31.0 Å². The summed E-state index contributed by atoms with van der Waals surface area (Å²) in [6.07, 6.45) is 3.41. The van der Waals surface area contributed by atoms with Gasteiger partial charge in [-0.1, -0.05) is 11.3 Å². The molecule has 5 heterocycles. The Bertz CT molecular complexity index is 3190. The molecule has 5 amide bonds. The van der Waals surface area contributed by atoms with Crippen molar-refractivity contribution in [3.63, 3.8) is 0 Å². The maximum atomic E-state index is 14.7. The van der Waals surface area contributed by atoms with E-state index in [1.165, 1.54) is 58.6 Å². The van der Waals surface area contributed by atoms with Gasteiger partial charge in [0.25, 0.3) is 17.4 Å². The molecule has 3 aromatic heterocycles. The van der Waals surface area contributed by atoms with Gasteiger partial charge in [0.2, 0.25) is 27.7 Å². The van der Waals surface area contributed by atoms with Gasteiger partial charge in [0.15, 0.2) is 11.6 Å². The lowest BCUT2D eigenvalue weighted by molar-refractivity contribution is -0.137. The average Bonchev–Trinajstić information content (AvgIpc) is 4.06. The van der Waals surface area contributed by atoms with Crippen LogP contribution in [0.5, 0.6) is 11.5 Å². The summed E-state index contributed by atoms with van der Waals surface area (Å²) in [6, 6.07) is 12.6. The number of amides is 5. The summed E-state index contributed by atoms with van der Waals surface area (Å²) in [5.74, 6) is -4.64. The number of H-pyrrole nitrogens is 1. The Morgan fingerprint density at radius 2 is 1.72 bits per heavy atom. The molecule has 6 aromatic rings. The largest absolute Gasteiger partial charge is 0.454 e. The Morgan fingerprint density at radius 3 is 2.51 bits per heavy atom. The molecular weight excluding hydrogens is 927 g/mol. The number of nitrogens with zero attached hydrogens (tertiary/aromatic N) is 5. The summed E-state index contributed by atoms with van der Waals surface area (Å²) in [6.45, 7) is 1.98. The van der Waals surface area contributed by atoms with Gasteiger partial charge < -0.3 is 39.3 Å². The van der Waals surface area contributed by atoms with E-state index in [1.54, 1.807) is 24.4 Å². The van der Waals surface area contributed by atoms with Gasteiger partial charge in [0, 0.05) is 71.3 Å². The number of aryl methyl sites for hydroxylation is 1. The number of anilines is 2. The standard InChI is InChI=1S/C45H44F2N10O11S/c1-3-69(64,65)53-26-8-11-37(68-38-10-7-25(46)17-33(38)47)29(18-26)31-22-55(2)45(63)41-30(31)19-35(50-41)42(60)48-20-27-21-56(54-52-27)13-14-66-15-16-67-24-40(59)49-34-6-4-5-28-32(34)23-57(44(28)62)36-9-12-39(58)51-43(36)61/h4-8,10-11,17-19,21-22,36,50,53H,3,9,12-16,20,23-24H2,1-2H3,(H,48,60)(H,49,59)(H,51,58,61). The molecule has 21 nitrogen and oxygen atoms in total. The maximum absolute atomic E-state index is 14.7. The Hall–Kier alpha value is -7.83. The highest BCUT2D eigenvalue weighted by atomic mass is 32.2. The minimum atomic E-state index is -3.73. The van der Waals surface area contributed by atoms with E-state index < -0.39 is 51.0 Å². The average molecular weight is 971 g/mol. The van der Waals surface area contributed by atoms with Crippen molar-refractivity contribution in [1.29, 1.82) is 0 Å². The number of nitrogens with one attached hydrogen (secondary N) is 5. The zero-order valence-electron chi connectivity index (χ0n) is 37.0. The van der Waals surface area contributed by atoms with E-state index in [1.807, 2.05) is 0 Å². The lowest BCUT2D eigenvalue weighted by Gasteiger charge is -2.29. The van der Waals surface area contributed by atoms with Crippen LogP contribution in [0.4, 0.5) is 20.2 Å². The molecule has 1 unspecified atom stereocenters. The number of piperidine rings is 1. The summed E-state index contributed by atoms with van der Waals surface area (Å²) in [5, 5.41) is 16.2. The maximum Gasteiger partial charge on any atom is 0.274 e. The highest BCUT2D eigenvalue weighted by molar-refractivity contribution is 7.92. The second kappa shape index (κ2) is 20.2. The van der Waals surface area contributed by atoms with Crippen molar-refractivity contribution in [1.82, 2.24) is 40.1 Å². The Kier molecular flexibility index (Phi) is 13.9. The zero-order chi connectivity index (χ0) is 49.0. The van der Waals surface area contributed by atoms with Gasteiger partial charge in [-0.3, -0.25) is 38.8 Å². The number of carbonyl (C=O) groups excluding carboxylic acids is 5. The fourth-order valence-electron chi connectivity index (χ4n) is 7.72. The number of benzene rings is 3. The molecule has 1 saturated heterocycles. The fraction of sp³-hybridized carbons (Fsp3) is 0.289. The molecule has 360 valence electrons. The molecule has 0 radical (unpaired) electrons. The van der Waals surface area contributed by atoms with Crippen molar-refractivity contribution in [2.24, 2.45) is 7.05 Å². The highest BCUT2D eigenvalue weighted by Crippen LogP contribution is 2.40. The summed E-state index contributed by atoms with van der Waals surface area (Å²) in [7, 11) is -2.25. The van der Waals surface area contributed by atoms with Crippen molar-refractivity contribution in [2.75, 3.05) is 42.2 Å². The normalized spacial score (nSPS) is 14.8. The van der Waals surface area contributed by atoms with Crippen LogP contribution in [-0.4, -0.2) is 106 Å². The van der Waals surface area contributed by atoms with Crippen LogP contribution in [-0.2, 0) is 60.6 Å². The van der Waals surface area contributed by atoms with Gasteiger partial charge >= 0.3 is 0 Å². The van der Waals surface area contributed by atoms with Crippen molar-refractivity contribution < 1.29 is 55.4 Å². The van der Waals surface area contributed by atoms with Crippen LogP contribution in [0.15, 0.2) is 77.9 Å². The van der Waals surface area contributed by atoms with Crippen LogP contribution >= 0.6 is 0 Å². The van der Waals surface area contributed by atoms with E-state index in [0.717, 1.165) is 12.1 Å². The van der Waals surface area contributed by atoms with Crippen LogP contribution in [0.2, 0.25) is 0 Å². The van der Waals surface area contributed by atoms with E-state index >= 15 is 0 Å². The summed E-state index contributed by atoms with van der Waals surface area (Å²) < 4.78 is 75.6. The van der Waals surface area contributed by atoms with Gasteiger partial charge in [0.1, 0.15) is 41.1 Å². The number of fused-ring (bicyclic) bond motifs is 2. The van der Waals surface area contributed by atoms with Crippen molar-refractivity contribution in [3.05, 3.63) is 118 Å². The molecule has 1 atom stereocenters. The number of rotatable bonds is 19. The van der Waals surface area contributed by atoms with Crippen LogP contribution in [0, 0.1) is 11.6 Å². The molecule has 69 heavy (non-hydrogen) atoms. The first-order valence-corrected chi connectivity index (χ1v) is 23.1. The highest BCUT2D eigenvalue weighted by Gasteiger charge is 2.40. The molecule has 5 N–H and O–H groups in total. The SMILES string of the molecule is CCS(=O)(=O)Nc1ccc(Oc2ccc(F)cc2F)c(-c2cn(C)c(=O)c3[nH]c(C(=O)NCc4cn(CCOCCOCC(=O)Nc5cccc6c5CN(C5CCC(=O)NC5=O)C6=O)nn4)cc23)c1. The monoisotopic (exact) mass is 970 g/mol. The second-order valence-corrected chi connectivity index (χ2v) is 17.9. The smallest absolute Gasteiger partial charge is 0.274 e. The van der Waals surface area contributed by atoms with E-state index in [9.17, 15) is 46.0 Å². The molecule has 1 fully saturated rings. The quantitative estimate of drug-likeness (QED) is 0.0577. The number of halogens is 2. The van der Waals surface area contributed by atoms with Gasteiger partial charge in [-0.05, 0) is 61.9 Å². The van der Waals surface area contributed by atoms with Gasteiger partial charge in [-0.2, -0.15) is 0 Å². The third-order valence-corrected chi connectivity index (χ3v) is 12.5. The molecule has 0 saturated carbocycles. The number of hydrogen-bond donors (Lipinski definition) is 5. The van der Waals surface area contributed by atoms with Crippen molar-refractivity contribution in [3.8, 4) is 22.6 Å². The number of hydrogen-bond acceptors (Lipinski definition) is 13.